The molecule has 2 N–H and O–H groups in total. The summed E-state index contributed by atoms with van der Waals surface area (Å²) in [4.78, 5) is 50.7. The molecule has 0 spiro atoms. The SMILES string of the molecule is CCc1ccc(NC(=O)C(CC)SC2=Nc3ccccc3C3=NC(CC(=O)NCc4ccccc4OC)C(=O)N23)cc1. The Kier molecular flexibility index (Phi) is 9.02. The van der Waals surface area contributed by atoms with Gasteiger partial charge < -0.3 is 15.4 Å². The first-order valence-corrected chi connectivity index (χ1v) is 14.8. The van der Waals surface area contributed by atoms with Gasteiger partial charge >= 0.3 is 0 Å². The largest absolute Gasteiger partial charge is 0.496 e. The van der Waals surface area contributed by atoms with Gasteiger partial charge in [-0.2, -0.15) is 0 Å². The topological polar surface area (TPSA) is 112 Å². The molecule has 2 aliphatic rings. The molecule has 0 fully saturated rings. The zero-order valence-corrected chi connectivity index (χ0v) is 24.6. The van der Waals surface area contributed by atoms with Crippen molar-refractivity contribution in [2.75, 3.05) is 12.4 Å². The van der Waals surface area contributed by atoms with E-state index in [2.05, 4.69) is 22.5 Å². The Balaban J connectivity index is 1.32. The molecule has 5 rings (SSSR count). The number of carbonyl (C=O) groups excluding carboxylic acids is 3. The summed E-state index contributed by atoms with van der Waals surface area (Å²) < 4.78 is 5.36. The molecule has 10 heteroatoms. The fourth-order valence-corrected chi connectivity index (χ4v) is 5.82. The lowest BCUT2D eigenvalue weighted by Crippen LogP contribution is -2.43. The van der Waals surface area contributed by atoms with E-state index >= 15 is 0 Å². The van der Waals surface area contributed by atoms with E-state index in [0.717, 1.165) is 12.0 Å². The maximum Gasteiger partial charge on any atom is 0.259 e. The predicted octanol–water partition coefficient (Wildman–Crippen LogP) is 5.07. The first kappa shape index (κ1) is 29.1. The Morgan fingerprint density at radius 2 is 1.76 bits per heavy atom. The summed E-state index contributed by atoms with van der Waals surface area (Å²) in [5.41, 5.74) is 4.10. The van der Waals surface area contributed by atoms with E-state index in [0.29, 0.717) is 40.1 Å². The summed E-state index contributed by atoms with van der Waals surface area (Å²) in [6.07, 6.45) is 1.33. The summed E-state index contributed by atoms with van der Waals surface area (Å²) in [5, 5.41) is 5.73. The van der Waals surface area contributed by atoms with Crippen LogP contribution in [0.15, 0.2) is 82.8 Å². The molecule has 2 atom stereocenters. The number of thioether (sulfide) groups is 1. The summed E-state index contributed by atoms with van der Waals surface area (Å²) in [5.74, 6) is 0.298. The van der Waals surface area contributed by atoms with Crippen LogP contribution in [0.1, 0.15) is 43.4 Å². The van der Waals surface area contributed by atoms with Gasteiger partial charge in [-0.15, -0.1) is 0 Å². The van der Waals surface area contributed by atoms with Crippen molar-refractivity contribution >= 4 is 51.9 Å². The zero-order chi connectivity index (χ0) is 29.6. The fourth-order valence-electron chi connectivity index (χ4n) is 4.80. The van der Waals surface area contributed by atoms with Crippen LogP contribution in [0.2, 0.25) is 0 Å². The van der Waals surface area contributed by atoms with Gasteiger partial charge in [-0.25, -0.2) is 9.89 Å². The third kappa shape index (κ3) is 6.23. The highest BCUT2D eigenvalue weighted by Crippen LogP contribution is 2.36. The normalized spacial score (nSPS) is 16.1. The maximum atomic E-state index is 13.7. The number of carbonyl (C=O) groups is 3. The molecule has 0 saturated heterocycles. The lowest BCUT2D eigenvalue weighted by atomic mass is 10.1. The molecule has 3 aromatic rings. The Bertz CT molecular complexity index is 1550. The van der Waals surface area contributed by atoms with Crippen LogP contribution >= 0.6 is 11.8 Å². The van der Waals surface area contributed by atoms with Crippen molar-refractivity contribution in [3.8, 4) is 5.75 Å². The number of nitrogens with one attached hydrogen (secondary N) is 2. The predicted molar refractivity (Wildman–Crippen MR) is 166 cm³/mol. The van der Waals surface area contributed by atoms with E-state index in [9.17, 15) is 14.4 Å². The number of para-hydroxylation sites is 2. The number of amidine groups is 2. The van der Waals surface area contributed by atoms with Crippen LogP contribution in [0, 0.1) is 0 Å². The highest BCUT2D eigenvalue weighted by Gasteiger charge is 2.43. The average molecular weight is 584 g/mol. The number of aryl methyl sites for hydroxylation is 1. The van der Waals surface area contributed by atoms with E-state index < -0.39 is 11.3 Å². The van der Waals surface area contributed by atoms with Crippen LogP contribution in [0.25, 0.3) is 0 Å². The lowest BCUT2D eigenvalue weighted by Gasteiger charge is -2.27. The molecule has 2 unspecified atom stereocenters. The molecule has 0 aliphatic carbocycles. The molecule has 0 radical (unpaired) electrons. The quantitative estimate of drug-likeness (QED) is 0.346. The molecule has 0 bridgehead atoms. The number of ether oxygens (including phenoxy) is 1. The number of aliphatic imine (C=N–C) groups is 2. The lowest BCUT2D eigenvalue weighted by molar-refractivity contribution is -0.128. The summed E-state index contributed by atoms with van der Waals surface area (Å²) >= 11 is 1.22. The fraction of sp³-hybridized carbons (Fsp3) is 0.281. The number of hydrogen-bond donors (Lipinski definition) is 2. The molecule has 0 saturated carbocycles. The second-order valence-electron chi connectivity index (χ2n) is 9.90. The van der Waals surface area contributed by atoms with Crippen molar-refractivity contribution in [3.05, 3.63) is 89.5 Å². The summed E-state index contributed by atoms with van der Waals surface area (Å²) in [7, 11) is 1.58. The van der Waals surface area contributed by atoms with Gasteiger partial charge in [0.2, 0.25) is 11.8 Å². The number of amides is 3. The van der Waals surface area contributed by atoms with Gasteiger partial charge in [-0.3, -0.25) is 19.4 Å². The van der Waals surface area contributed by atoms with Crippen LogP contribution in [-0.2, 0) is 27.3 Å². The minimum atomic E-state index is -0.902. The van der Waals surface area contributed by atoms with Crippen molar-refractivity contribution in [3.63, 3.8) is 0 Å². The molecular formula is C32H33N5O4S. The number of methoxy groups -OCH3 is 1. The minimum Gasteiger partial charge on any atom is -0.496 e. The van der Waals surface area contributed by atoms with Gasteiger partial charge in [0.25, 0.3) is 5.91 Å². The van der Waals surface area contributed by atoms with Gasteiger partial charge in [0.1, 0.15) is 17.6 Å². The van der Waals surface area contributed by atoms with Crippen LogP contribution in [0.4, 0.5) is 11.4 Å². The number of anilines is 1. The highest BCUT2D eigenvalue weighted by molar-refractivity contribution is 8.15. The number of nitrogens with zero attached hydrogens (tertiary/aromatic N) is 3. The molecule has 9 nitrogen and oxygen atoms in total. The zero-order valence-electron chi connectivity index (χ0n) is 23.8. The van der Waals surface area contributed by atoms with E-state index in [1.54, 1.807) is 7.11 Å². The van der Waals surface area contributed by atoms with Gasteiger partial charge in [-0.1, -0.05) is 68.1 Å². The second-order valence-corrected chi connectivity index (χ2v) is 11.1. The third-order valence-corrected chi connectivity index (χ3v) is 8.45. The summed E-state index contributed by atoms with van der Waals surface area (Å²) in [6.45, 7) is 4.27. The minimum absolute atomic E-state index is 0.112. The molecule has 3 aromatic carbocycles. The van der Waals surface area contributed by atoms with E-state index in [-0.39, 0.29) is 30.7 Å². The molecule has 2 aliphatic heterocycles. The van der Waals surface area contributed by atoms with Crippen molar-refractivity contribution < 1.29 is 19.1 Å². The van der Waals surface area contributed by atoms with E-state index in [1.165, 1.54) is 22.2 Å². The van der Waals surface area contributed by atoms with Gasteiger partial charge in [-0.05, 0) is 48.7 Å². The van der Waals surface area contributed by atoms with Crippen LogP contribution in [0.3, 0.4) is 0 Å². The number of fused-ring (bicyclic) bond motifs is 3. The van der Waals surface area contributed by atoms with Crippen molar-refractivity contribution in [2.24, 2.45) is 9.98 Å². The van der Waals surface area contributed by atoms with Gasteiger partial charge in [0, 0.05) is 23.4 Å². The van der Waals surface area contributed by atoms with Crippen LogP contribution < -0.4 is 15.4 Å². The molecule has 2 heterocycles. The molecule has 216 valence electrons. The van der Waals surface area contributed by atoms with Gasteiger partial charge in [0.05, 0.1) is 24.5 Å². The summed E-state index contributed by atoms with van der Waals surface area (Å²) in [6, 6.07) is 21.7. The Labute approximate surface area is 249 Å². The first-order valence-electron chi connectivity index (χ1n) is 14.0. The van der Waals surface area contributed by atoms with Gasteiger partial charge in [0.15, 0.2) is 5.17 Å². The Morgan fingerprint density at radius 1 is 1.02 bits per heavy atom. The van der Waals surface area contributed by atoms with Crippen molar-refractivity contribution in [1.29, 1.82) is 0 Å². The standard InChI is InChI=1S/C32H33N5O4S/c1-4-20-14-16-22(17-15-20)34-30(39)27(5-2)42-32-36-24-12-8-7-11-23(24)29-35-25(31(40)37(29)32)18-28(38)33-19-21-10-6-9-13-26(21)41-3/h6-17,25,27H,4-5,18-19H2,1-3H3,(H,33,38)(H,34,39). The smallest absolute Gasteiger partial charge is 0.259 e. The van der Waals surface area contributed by atoms with Crippen molar-refractivity contribution in [2.45, 2.75) is 50.9 Å². The average Bonchev–Trinajstić information content (AvgIpc) is 3.34. The molecular weight excluding hydrogens is 550 g/mol. The first-order chi connectivity index (χ1) is 20.4. The molecule has 3 amide bonds. The maximum absolute atomic E-state index is 13.7. The highest BCUT2D eigenvalue weighted by atomic mass is 32.2. The number of hydrogen-bond acceptors (Lipinski definition) is 7. The number of benzene rings is 3. The van der Waals surface area contributed by atoms with Crippen LogP contribution in [-0.4, -0.2) is 52.0 Å². The second kappa shape index (κ2) is 13.0. The Hall–Kier alpha value is -4.44. The van der Waals surface area contributed by atoms with E-state index in [1.807, 2.05) is 79.7 Å². The Morgan fingerprint density at radius 3 is 2.50 bits per heavy atom. The van der Waals surface area contributed by atoms with Crippen molar-refractivity contribution in [1.82, 2.24) is 10.2 Å². The van der Waals surface area contributed by atoms with Crippen LogP contribution in [0.5, 0.6) is 5.75 Å². The number of rotatable bonds is 10. The monoisotopic (exact) mass is 583 g/mol. The van der Waals surface area contributed by atoms with E-state index in [4.69, 9.17) is 9.73 Å². The molecule has 0 aromatic heterocycles. The molecule has 42 heavy (non-hydrogen) atoms. The third-order valence-electron chi connectivity index (χ3n) is 7.14.